The third-order valence-corrected chi connectivity index (χ3v) is 4.18. The van der Waals surface area contributed by atoms with Gasteiger partial charge in [0.1, 0.15) is 5.54 Å². The van der Waals surface area contributed by atoms with E-state index in [-0.39, 0.29) is 19.0 Å². The summed E-state index contributed by atoms with van der Waals surface area (Å²) in [6, 6.07) is 5.15. The molecule has 1 saturated heterocycles. The first-order valence-corrected chi connectivity index (χ1v) is 7.47. The summed E-state index contributed by atoms with van der Waals surface area (Å²) >= 11 is 9.31. The first-order chi connectivity index (χ1) is 9.80. The second-order valence-corrected chi connectivity index (χ2v) is 6.42. The summed E-state index contributed by atoms with van der Waals surface area (Å²) in [5.41, 5.74) is 5.01. The third-order valence-electron chi connectivity index (χ3n) is 3.38. The molecular formula is C13H15BrClN3O3. The molecule has 1 atom stereocenters. The van der Waals surface area contributed by atoms with E-state index in [0.717, 1.165) is 4.47 Å². The summed E-state index contributed by atoms with van der Waals surface area (Å²) in [5, 5.41) is 12.2. The van der Waals surface area contributed by atoms with Crippen molar-refractivity contribution in [3.63, 3.8) is 0 Å². The monoisotopic (exact) mass is 375 g/mol. The number of benzene rings is 1. The lowest BCUT2D eigenvalue weighted by atomic mass is 10.0. The Morgan fingerprint density at radius 1 is 1.52 bits per heavy atom. The largest absolute Gasteiger partial charge is 0.480 e. The van der Waals surface area contributed by atoms with E-state index in [1.165, 1.54) is 0 Å². The number of hydrogen-bond donors (Lipinski definition) is 3. The number of amides is 1. The van der Waals surface area contributed by atoms with Crippen LogP contribution in [0.5, 0.6) is 0 Å². The van der Waals surface area contributed by atoms with E-state index in [0.29, 0.717) is 23.7 Å². The predicted molar refractivity (Wildman–Crippen MR) is 83.4 cm³/mol. The molecule has 0 spiro atoms. The number of nitrogens with two attached hydrogens (primary N) is 1. The topological polar surface area (TPSA) is 95.7 Å². The van der Waals surface area contributed by atoms with E-state index in [2.05, 4.69) is 21.2 Å². The van der Waals surface area contributed by atoms with Crippen molar-refractivity contribution in [1.82, 2.24) is 4.90 Å². The molecule has 1 aromatic carbocycles. The van der Waals surface area contributed by atoms with Crippen molar-refractivity contribution >= 4 is 45.1 Å². The van der Waals surface area contributed by atoms with Gasteiger partial charge in [-0.25, -0.2) is 0 Å². The Kier molecular flexibility index (Phi) is 4.88. The maximum absolute atomic E-state index is 12.0. The number of carbonyl (C=O) groups is 2. The first-order valence-electron chi connectivity index (χ1n) is 6.30. The van der Waals surface area contributed by atoms with Gasteiger partial charge in [0.2, 0.25) is 5.91 Å². The highest BCUT2D eigenvalue weighted by Gasteiger charge is 2.41. The minimum Gasteiger partial charge on any atom is -0.480 e. The highest BCUT2D eigenvalue weighted by molar-refractivity contribution is 9.10. The van der Waals surface area contributed by atoms with Crippen LogP contribution in [0.4, 0.5) is 5.69 Å². The Morgan fingerprint density at radius 2 is 2.24 bits per heavy atom. The number of likely N-dealkylation sites (tertiary alicyclic amines) is 1. The number of hydrogen-bond acceptors (Lipinski definition) is 4. The van der Waals surface area contributed by atoms with Crippen LogP contribution in [0.15, 0.2) is 22.7 Å². The second-order valence-electron chi connectivity index (χ2n) is 5.09. The van der Waals surface area contributed by atoms with Crippen LogP contribution in [0.25, 0.3) is 0 Å². The van der Waals surface area contributed by atoms with Gasteiger partial charge in [-0.15, -0.1) is 0 Å². The number of nitrogens with zero attached hydrogens (tertiary/aromatic N) is 1. The number of carboxylic acids is 1. The lowest BCUT2D eigenvalue weighted by molar-refractivity contribution is -0.143. The van der Waals surface area contributed by atoms with Crippen LogP contribution >= 0.6 is 27.5 Å². The molecule has 0 aromatic heterocycles. The van der Waals surface area contributed by atoms with Gasteiger partial charge in [-0.3, -0.25) is 14.5 Å². The van der Waals surface area contributed by atoms with Crippen LogP contribution in [0.3, 0.4) is 0 Å². The maximum Gasteiger partial charge on any atom is 0.325 e. The van der Waals surface area contributed by atoms with E-state index in [1.54, 1.807) is 23.1 Å². The summed E-state index contributed by atoms with van der Waals surface area (Å²) in [4.78, 5) is 24.7. The molecule has 1 aromatic rings. The van der Waals surface area contributed by atoms with Gasteiger partial charge in [-0.2, -0.15) is 0 Å². The van der Waals surface area contributed by atoms with E-state index >= 15 is 0 Å². The number of anilines is 1. The van der Waals surface area contributed by atoms with Crippen LogP contribution < -0.4 is 11.1 Å². The molecule has 1 unspecified atom stereocenters. The highest BCUT2D eigenvalue weighted by Crippen LogP contribution is 2.26. The van der Waals surface area contributed by atoms with E-state index in [4.69, 9.17) is 22.4 Å². The van der Waals surface area contributed by atoms with Gasteiger partial charge in [0.05, 0.1) is 17.3 Å². The predicted octanol–water partition coefficient (Wildman–Crippen LogP) is 1.53. The lowest BCUT2D eigenvalue weighted by Crippen LogP contribution is -2.50. The van der Waals surface area contributed by atoms with Crippen molar-refractivity contribution in [2.45, 2.75) is 12.0 Å². The second kappa shape index (κ2) is 6.31. The molecule has 1 aliphatic rings. The van der Waals surface area contributed by atoms with Crippen LogP contribution in [0.1, 0.15) is 6.42 Å². The Balaban J connectivity index is 1.93. The fourth-order valence-electron chi connectivity index (χ4n) is 2.21. The van der Waals surface area contributed by atoms with Crippen molar-refractivity contribution in [3.05, 3.63) is 27.7 Å². The molecule has 0 radical (unpaired) electrons. The normalized spacial score (nSPS) is 22.2. The van der Waals surface area contributed by atoms with Gasteiger partial charge < -0.3 is 16.2 Å². The van der Waals surface area contributed by atoms with Gasteiger partial charge in [0.15, 0.2) is 0 Å². The molecule has 1 amide bonds. The van der Waals surface area contributed by atoms with Crippen molar-refractivity contribution in [1.29, 1.82) is 0 Å². The van der Waals surface area contributed by atoms with Gasteiger partial charge in [-0.1, -0.05) is 27.5 Å². The zero-order chi connectivity index (χ0) is 15.6. The summed E-state index contributed by atoms with van der Waals surface area (Å²) in [7, 11) is 0. The smallest absolute Gasteiger partial charge is 0.325 e. The van der Waals surface area contributed by atoms with E-state index in [1.807, 2.05) is 0 Å². The molecule has 0 aliphatic carbocycles. The number of nitrogens with one attached hydrogen (secondary N) is 1. The number of carbonyl (C=O) groups excluding carboxylic acids is 1. The number of halogens is 2. The van der Waals surface area contributed by atoms with Gasteiger partial charge in [0.25, 0.3) is 0 Å². The average Bonchev–Trinajstić information content (AvgIpc) is 2.76. The van der Waals surface area contributed by atoms with Gasteiger partial charge >= 0.3 is 5.97 Å². The molecular weight excluding hydrogens is 362 g/mol. The molecule has 114 valence electrons. The molecule has 1 fully saturated rings. The molecule has 8 heteroatoms. The SMILES string of the molecule is NC1(C(=O)O)CCN(CC(=O)Nc2ccc(Br)cc2Cl)C1. The minimum absolute atomic E-state index is 0.0820. The zero-order valence-electron chi connectivity index (χ0n) is 11.1. The standard InChI is InChI=1S/C13H15BrClN3O3/c14-8-1-2-10(9(15)5-8)17-11(19)6-18-4-3-13(16,7-18)12(20)21/h1-2,5H,3-4,6-7,16H2,(H,17,19)(H,20,21). The summed E-state index contributed by atoms with van der Waals surface area (Å²) in [6.45, 7) is 0.715. The molecule has 4 N–H and O–H groups in total. The number of rotatable bonds is 4. The fourth-order valence-corrected chi connectivity index (χ4v) is 2.93. The van der Waals surface area contributed by atoms with Crippen LogP contribution in [0, 0.1) is 0 Å². The van der Waals surface area contributed by atoms with Crippen LogP contribution in [-0.4, -0.2) is 47.1 Å². The fraction of sp³-hybridized carbons (Fsp3) is 0.385. The maximum atomic E-state index is 12.0. The van der Waals surface area contributed by atoms with Gasteiger partial charge in [0, 0.05) is 17.6 Å². The minimum atomic E-state index is -1.27. The highest BCUT2D eigenvalue weighted by atomic mass is 79.9. The number of carboxylic acid groups (broad SMARTS) is 1. The zero-order valence-corrected chi connectivity index (χ0v) is 13.4. The molecule has 0 bridgehead atoms. The molecule has 2 rings (SSSR count). The van der Waals surface area contributed by atoms with E-state index < -0.39 is 11.5 Å². The van der Waals surface area contributed by atoms with Crippen molar-refractivity contribution in [2.75, 3.05) is 25.0 Å². The molecule has 0 saturated carbocycles. The van der Waals surface area contributed by atoms with E-state index in [9.17, 15) is 9.59 Å². The summed E-state index contributed by atoms with van der Waals surface area (Å²) in [6.07, 6.45) is 0.328. The quantitative estimate of drug-likeness (QED) is 0.740. The number of aliphatic carboxylic acids is 1. The molecule has 21 heavy (non-hydrogen) atoms. The summed E-state index contributed by atoms with van der Waals surface area (Å²) < 4.78 is 0.819. The molecule has 1 aliphatic heterocycles. The Morgan fingerprint density at radius 3 is 2.81 bits per heavy atom. The van der Waals surface area contributed by atoms with Crippen molar-refractivity contribution < 1.29 is 14.7 Å². The van der Waals surface area contributed by atoms with Crippen LogP contribution in [-0.2, 0) is 9.59 Å². The average molecular weight is 377 g/mol. The lowest BCUT2D eigenvalue weighted by Gasteiger charge is -2.19. The summed E-state index contributed by atoms with van der Waals surface area (Å²) in [5.74, 6) is -1.30. The third kappa shape index (κ3) is 3.94. The van der Waals surface area contributed by atoms with Crippen molar-refractivity contribution in [3.8, 4) is 0 Å². The Bertz CT molecular complexity index is 584. The van der Waals surface area contributed by atoms with Gasteiger partial charge in [-0.05, 0) is 24.6 Å². The Hall–Kier alpha value is -1.15. The first kappa shape index (κ1) is 16.2. The Labute approximate surface area is 135 Å². The molecule has 1 heterocycles. The van der Waals surface area contributed by atoms with Crippen LogP contribution in [0.2, 0.25) is 5.02 Å². The van der Waals surface area contributed by atoms with Crippen molar-refractivity contribution in [2.24, 2.45) is 5.73 Å². The molecule has 6 nitrogen and oxygen atoms in total.